The van der Waals surface area contributed by atoms with Crippen LogP contribution in [0.4, 0.5) is 20.0 Å². The molecule has 288 valence electrons. The Bertz CT molecular complexity index is 1920. The van der Waals surface area contributed by atoms with Gasteiger partial charge in [0.2, 0.25) is 0 Å². The van der Waals surface area contributed by atoms with Gasteiger partial charge in [0.1, 0.15) is 0 Å². The maximum absolute atomic E-state index is 15.0. The first kappa shape index (κ1) is 42.0. The first-order valence-electron chi connectivity index (χ1n) is 20.2. The van der Waals surface area contributed by atoms with Crippen LogP contribution in [0, 0.1) is 3.57 Å². The summed E-state index contributed by atoms with van der Waals surface area (Å²) in [7, 11) is -2.74. The zero-order valence-corrected chi connectivity index (χ0v) is 35.2. The lowest BCUT2D eigenvalue weighted by Crippen LogP contribution is -2.25. The molecule has 0 fully saturated rings. The normalized spacial score (nSPS) is 13.6. The van der Waals surface area contributed by atoms with Crippen LogP contribution in [0.3, 0.4) is 0 Å². The van der Waals surface area contributed by atoms with Crippen LogP contribution in [0.15, 0.2) is 114 Å². The maximum Gasteiger partial charge on any atom is 0.678 e. The number of rotatable bonds is 21. The molecule has 0 aliphatic carbocycles. The summed E-state index contributed by atoms with van der Waals surface area (Å²) < 4.78 is 32.3. The van der Waals surface area contributed by atoms with Crippen molar-refractivity contribution in [2.24, 2.45) is 4.99 Å². The third-order valence-corrected chi connectivity index (χ3v) is 10.7. The summed E-state index contributed by atoms with van der Waals surface area (Å²) in [5.74, 6) is 0. The zero-order valence-electron chi connectivity index (χ0n) is 33.0. The van der Waals surface area contributed by atoms with E-state index in [2.05, 4.69) is 115 Å². The highest BCUT2D eigenvalue weighted by molar-refractivity contribution is 14.1. The molecule has 0 spiro atoms. The quantitative estimate of drug-likeness (QED) is 0.0616. The topological polar surface area (TPSA) is 23.8 Å². The van der Waals surface area contributed by atoms with Crippen molar-refractivity contribution in [1.29, 1.82) is 0 Å². The summed E-state index contributed by atoms with van der Waals surface area (Å²) in [6, 6.07) is 28.7. The predicted molar refractivity (Wildman–Crippen MR) is 244 cm³/mol. The monoisotopic (exact) mass is 852 g/mol. The fourth-order valence-electron chi connectivity index (χ4n) is 6.77. The molecule has 1 aromatic heterocycles. The molecule has 8 heteroatoms. The molecule has 4 nitrogen and oxygen atoms in total. The van der Waals surface area contributed by atoms with E-state index in [-0.39, 0.29) is 0 Å². The molecule has 0 bridgehead atoms. The van der Waals surface area contributed by atoms with Crippen LogP contribution in [-0.4, -0.2) is 43.8 Å². The summed E-state index contributed by atoms with van der Waals surface area (Å²) in [6.07, 6.45) is 21.0. The summed E-state index contributed by atoms with van der Waals surface area (Å²) in [5.41, 5.74) is 8.30. The van der Waals surface area contributed by atoms with E-state index in [1.54, 1.807) is 18.2 Å². The minimum Gasteiger partial charge on any atom is -0.372 e. The van der Waals surface area contributed by atoms with Crippen molar-refractivity contribution in [2.45, 2.75) is 79.1 Å². The number of nitrogens with zero attached hydrogens (tertiary/aromatic N) is 4. The maximum atomic E-state index is 15.0. The van der Waals surface area contributed by atoms with Crippen molar-refractivity contribution in [2.75, 3.05) is 36.0 Å². The van der Waals surface area contributed by atoms with Crippen LogP contribution >= 0.6 is 22.6 Å². The van der Waals surface area contributed by atoms with E-state index < -0.39 is 7.40 Å². The van der Waals surface area contributed by atoms with Crippen LogP contribution in [0.25, 0.3) is 23.8 Å². The molecule has 3 aromatic carbocycles. The Morgan fingerprint density at radius 1 is 0.618 bits per heavy atom. The Labute approximate surface area is 342 Å². The number of benzene rings is 3. The number of hydrogen-bond donors (Lipinski definition) is 0. The molecular formula is C47H56BF2IN4. The van der Waals surface area contributed by atoms with Crippen molar-refractivity contribution >= 4 is 70.9 Å². The number of aliphatic imine (C=N–C) groups is 1. The lowest BCUT2D eigenvalue weighted by molar-refractivity contribution is 0.627. The lowest BCUT2D eigenvalue weighted by atomic mass is 9.99. The molecule has 0 amide bonds. The molecular weight excluding hydrogens is 796 g/mol. The highest BCUT2D eigenvalue weighted by Crippen LogP contribution is 2.33. The Kier molecular flexibility index (Phi) is 16.6. The number of halogens is 3. The van der Waals surface area contributed by atoms with Gasteiger partial charge in [-0.1, -0.05) is 102 Å². The largest absolute Gasteiger partial charge is 0.678 e. The molecule has 4 aromatic rings. The van der Waals surface area contributed by atoms with Crippen molar-refractivity contribution in [3.8, 4) is 0 Å². The van der Waals surface area contributed by atoms with Crippen LogP contribution in [0.1, 0.15) is 107 Å². The van der Waals surface area contributed by atoms with Crippen LogP contribution in [-0.2, 0) is 0 Å². The smallest absolute Gasteiger partial charge is 0.372 e. The lowest BCUT2D eigenvalue weighted by Gasteiger charge is -2.24. The van der Waals surface area contributed by atoms with Gasteiger partial charge in [-0.2, -0.15) is 0 Å². The van der Waals surface area contributed by atoms with Crippen LogP contribution in [0.5, 0.6) is 0 Å². The van der Waals surface area contributed by atoms with E-state index in [9.17, 15) is 0 Å². The fourth-order valence-corrected chi connectivity index (χ4v) is 7.13. The van der Waals surface area contributed by atoms with Crippen LogP contribution in [0.2, 0.25) is 0 Å². The third kappa shape index (κ3) is 11.9. The van der Waals surface area contributed by atoms with Gasteiger partial charge in [-0.05, 0) is 138 Å². The van der Waals surface area contributed by atoms with Crippen molar-refractivity contribution in [3.05, 3.63) is 141 Å². The SMILES string of the molecule is CCCCN(CCCC)c1ccc(/C=C\C2=NC(=C(\c3ccc(I)cc3)c3ccc(/C=C\c4ccc(N(CCCC)CCCC)cc4)n3B(F)F)/C=C2)cc1. The predicted octanol–water partition coefficient (Wildman–Crippen LogP) is 13.3. The molecule has 0 N–H and O–H groups in total. The first-order valence-corrected chi connectivity index (χ1v) is 21.3. The van der Waals surface area contributed by atoms with E-state index in [1.165, 1.54) is 37.1 Å². The van der Waals surface area contributed by atoms with Gasteiger partial charge in [-0.15, -0.1) is 0 Å². The minimum absolute atomic E-state index is 0.425. The molecule has 0 atom stereocenters. The highest BCUT2D eigenvalue weighted by atomic mass is 127. The van der Waals surface area contributed by atoms with Gasteiger partial charge in [0, 0.05) is 58.1 Å². The van der Waals surface area contributed by atoms with E-state index in [1.807, 2.05) is 48.6 Å². The summed E-state index contributed by atoms with van der Waals surface area (Å²) in [4.78, 5) is 9.90. The van der Waals surface area contributed by atoms with Gasteiger partial charge >= 0.3 is 7.40 Å². The van der Waals surface area contributed by atoms with Crippen LogP contribution < -0.4 is 9.80 Å². The number of anilines is 2. The van der Waals surface area contributed by atoms with E-state index in [0.29, 0.717) is 22.7 Å². The van der Waals surface area contributed by atoms with E-state index >= 15 is 8.63 Å². The van der Waals surface area contributed by atoms with Gasteiger partial charge in [-0.3, -0.25) is 8.63 Å². The zero-order chi connectivity index (χ0) is 39.0. The molecule has 5 rings (SSSR count). The molecule has 55 heavy (non-hydrogen) atoms. The summed E-state index contributed by atoms with van der Waals surface area (Å²) in [6.45, 7) is 13.1. The summed E-state index contributed by atoms with van der Waals surface area (Å²) >= 11 is 2.27. The molecule has 2 heterocycles. The summed E-state index contributed by atoms with van der Waals surface area (Å²) in [5, 5.41) is 0. The van der Waals surface area contributed by atoms with E-state index in [4.69, 9.17) is 4.99 Å². The van der Waals surface area contributed by atoms with Gasteiger partial charge in [0.15, 0.2) is 0 Å². The number of aromatic nitrogens is 1. The van der Waals surface area contributed by atoms with E-state index in [0.717, 1.165) is 82.3 Å². The molecule has 0 saturated carbocycles. The minimum atomic E-state index is -2.74. The van der Waals surface area contributed by atoms with Gasteiger partial charge in [-0.25, -0.2) is 4.99 Å². The molecule has 1 aliphatic rings. The standard InChI is InChI=1S/C47H56BF2IN4/c1-5-9-33-53(34-10-6-2)42-25-14-37(15-26-42)13-23-41-24-31-45(52-41)47(39-19-21-40(51)22-20-39)46-32-30-44(55(46)48(49)50)29-18-38-16-27-43(28-17-38)54(35-11-7-3)36-12-8-4/h13-32H,5-12,33-36H2,1-4H3/b23-13-,29-18-,47-45+. The number of allylic oxidation sites excluding steroid dienone is 3. The second-order valence-corrected chi connectivity index (χ2v) is 15.4. The van der Waals surface area contributed by atoms with Crippen molar-refractivity contribution in [3.63, 3.8) is 0 Å². The molecule has 0 saturated heterocycles. The van der Waals surface area contributed by atoms with Gasteiger partial charge < -0.3 is 14.3 Å². The molecule has 1 aliphatic heterocycles. The van der Waals surface area contributed by atoms with Crippen molar-refractivity contribution < 1.29 is 8.63 Å². The molecule has 0 radical (unpaired) electrons. The van der Waals surface area contributed by atoms with Gasteiger partial charge in [0.25, 0.3) is 0 Å². The number of hydrogen-bond acceptors (Lipinski definition) is 3. The third-order valence-electron chi connectivity index (χ3n) is 9.99. The first-order chi connectivity index (χ1) is 26.8. The number of unbranched alkanes of at least 4 members (excludes halogenated alkanes) is 4. The van der Waals surface area contributed by atoms with Crippen molar-refractivity contribution in [1.82, 2.24) is 4.48 Å². The highest BCUT2D eigenvalue weighted by Gasteiger charge is 2.27. The Morgan fingerprint density at radius 2 is 1.11 bits per heavy atom. The molecule has 0 unspecified atom stereocenters. The average molecular weight is 853 g/mol. The second-order valence-electron chi connectivity index (χ2n) is 14.2. The van der Waals surface area contributed by atoms with Gasteiger partial charge in [0.05, 0.1) is 11.4 Å². The Balaban J connectivity index is 1.42. The fraction of sp³-hybridized carbons (Fsp3) is 0.340. The second kappa shape index (κ2) is 21.8. The Morgan fingerprint density at radius 3 is 1.58 bits per heavy atom. The Hall–Kier alpha value is -4.18. The average Bonchev–Trinajstić information content (AvgIpc) is 3.85.